The molecule has 2 aliphatic rings. The fourth-order valence-corrected chi connectivity index (χ4v) is 4.33. The van der Waals surface area contributed by atoms with Crippen LogP contribution in [0.25, 0.3) is 10.9 Å². The van der Waals surface area contributed by atoms with Crippen molar-refractivity contribution in [2.75, 3.05) is 26.9 Å². The average molecular weight is 465 g/mol. The number of benzene rings is 2. The maximum Gasteiger partial charge on any atom is 0.258 e. The number of rotatable bonds is 7. The third kappa shape index (κ3) is 4.31. The van der Waals surface area contributed by atoms with Crippen molar-refractivity contribution in [3.8, 4) is 11.5 Å². The fourth-order valence-electron chi connectivity index (χ4n) is 4.33. The highest BCUT2D eigenvalue weighted by Crippen LogP contribution is 2.32. The van der Waals surface area contributed by atoms with Gasteiger partial charge in [0.2, 0.25) is 0 Å². The van der Waals surface area contributed by atoms with E-state index in [0.29, 0.717) is 50.7 Å². The molecule has 2 aromatic carbocycles. The van der Waals surface area contributed by atoms with Crippen molar-refractivity contribution in [1.29, 1.82) is 0 Å². The van der Waals surface area contributed by atoms with E-state index in [0.717, 1.165) is 28.0 Å². The van der Waals surface area contributed by atoms with Crippen LogP contribution in [0.4, 0.5) is 0 Å². The number of carbonyl (C=O) groups excluding carboxylic acids is 1. The van der Waals surface area contributed by atoms with Crippen molar-refractivity contribution in [3.63, 3.8) is 0 Å². The van der Waals surface area contributed by atoms with Gasteiger partial charge in [-0.25, -0.2) is 4.99 Å². The van der Waals surface area contributed by atoms with Crippen molar-refractivity contribution in [2.24, 2.45) is 4.99 Å². The second-order valence-electron chi connectivity index (χ2n) is 9.30. The van der Waals surface area contributed by atoms with E-state index in [2.05, 4.69) is 15.2 Å². The Kier molecular flexibility index (Phi) is 5.65. The van der Waals surface area contributed by atoms with Crippen LogP contribution in [0, 0.1) is 0 Å². The SMILES string of the molecule is COCCOc1ccc2c(c1)CN(C(=O)c1cc3c(CC4=NC(C)(C)CO4)n[nH]c3cc1O)C2. The zero-order valence-corrected chi connectivity index (χ0v) is 19.6. The minimum Gasteiger partial charge on any atom is -0.507 e. The van der Waals surface area contributed by atoms with Gasteiger partial charge in [0.05, 0.1) is 35.3 Å². The molecule has 3 aromatic rings. The number of hydrogen-bond acceptors (Lipinski definition) is 7. The van der Waals surface area contributed by atoms with Gasteiger partial charge in [0, 0.05) is 31.7 Å². The van der Waals surface area contributed by atoms with Crippen LogP contribution >= 0.6 is 0 Å². The average Bonchev–Trinajstić information content (AvgIpc) is 3.49. The van der Waals surface area contributed by atoms with Crippen molar-refractivity contribution >= 4 is 22.7 Å². The molecule has 0 radical (unpaired) electrons. The molecule has 34 heavy (non-hydrogen) atoms. The van der Waals surface area contributed by atoms with Crippen molar-refractivity contribution < 1.29 is 24.1 Å². The molecule has 0 atom stereocenters. The van der Waals surface area contributed by atoms with Gasteiger partial charge >= 0.3 is 0 Å². The lowest BCUT2D eigenvalue weighted by atomic mass is 10.1. The minimum absolute atomic E-state index is 0.0807. The minimum atomic E-state index is -0.250. The molecule has 1 amide bonds. The molecule has 1 aromatic heterocycles. The first-order valence-electron chi connectivity index (χ1n) is 11.3. The number of phenolic OH excluding ortho intramolecular Hbond substituents is 1. The maximum absolute atomic E-state index is 13.4. The Morgan fingerprint density at radius 1 is 1.21 bits per heavy atom. The summed E-state index contributed by atoms with van der Waals surface area (Å²) in [5.74, 6) is 1.05. The number of nitrogens with one attached hydrogen (secondary N) is 1. The molecule has 3 heterocycles. The van der Waals surface area contributed by atoms with Gasteiger partial charge in [-0.15, -0.1) is 0 Å². The molecule has 0 unspecified atom stereocenters. The molecular formula is C25H28N4O5. The van der Waals surface area contributed by atoms with E-state index in [1.54, 1.807) is 24.1 Å². The lowest BCUT2D eigenvalue weighted by Gasteiger charge is -2.16. The Labute approximate surface area is 197 Å². The summed E-state index contributed by atoms with van der Waals surface area (Å²) in [7, 11) is 1.63. The van der Waals surface area contributed by atoms with Crippen molar-refractivity contribution in [1.82, 2.24) is 15.1 Å². The van der Waals surface area contributed by atoms with E-state index >= 15 is 0 Å². The molecule has 0 fully saturated rings. The Balaban J connectivity index is 1.36. The molecule has 9 heteroatoms. The number of carbonyl (C=O) groups is 1. The summed E-state index contributed by atoms with van der Waals surface area (Å²) in [4.78, 5) is 19.7. The standard InChI is InChI=1S/C25H28N4O5/c1-25(2)14-34-23(26-25)11-21-18-9-19(22(30)10-20(18)27-28-21)24(31)29-12-15-4-5-17(8-16(15)13-29)33-7-6-32-3/h4-5,8-10,30H,6-7,11-14H2,1-3H3,(H,27,28). The number of ether oxygens (including phenoxy) is 3. The summed E-state index contributed by atoms with van der Waals surface area (Å²) in [6.45, 7) is 6.46. The predicted molar refractivity (Wildman–Crippen MR) is 126 cm³/mol. The smallest absolute Gasteiger partial charge is 0.258 e. The summed E-state index contributed by atoms with van der Waals surface area (Å²) in [6.07, 6.45) is 0.419. The summed E-state index contributed by atoms with van der Waals surface area (Å²) >= 11 is 0. The lowest BCUT2D eigenvalue weighted by Crippen LogP contribution is -2.25. The number of aromatic hydroxyl groups is 1. The number of nitrogens with zero attached hydrogens (tertiary/aromatic N) is 3. The van der Waals surface area contributed by atoms with E-state index in [1.165, 1.54) is 0 Å². The third-order valence-electron chi connectivity index (χ3n) is 6.07. The number of phenols is 1. The van der Waals surface area contributed by atoms with E-state index in [4.69, 9.17) is 14.2 Å². The monoisotopic (exact) mass is 464 g/mol. The predicted octanol–water partition coefficient (Wildman–Crippen LogP) is 3.20. The second-order valence-corrected chi connectivity index (χ2v) is 9.30. The molecule has 0 saturated heterocycles. The Bertz CT molecular complexity index is 1280. The van der Waals surface area contributed by atoms with Gasteiger partial charge in [0.25, 0.3) is 5.91 Å². The van der Waals surface area contributed by atoms with Crippen molar-refractivity contribution in [2.45, 2.75) is 38.9 Å². The summed E-state index contributed by atoms with van der Waals surface area (Å²) in [6, 6.07) is 9.09. The maximum atomic E-state index is 13.4. The number of fused-ring (bicyclic) bond motifs is 2. The van der Waals surface area contributed by atoms with Gasteiger partial charge in [0.1, 0.15) is 24.7 Å². The number of H-pyrrole nitrogens is 1. The Morgan fingerprint density at radius 3 is 2.79 bits per heavy atom. The van der Waals surface area contributed by atoms with E-state index < -0.39 is 0 Å². The number of aliphatic imine (C=N–C) groups is 1. The van der Waals surface area contributed by atoms with E-state index in [1.807, 2.05) is 32.0 Å². The van der Waals surface area contributed by atoms with Crippen LogP contribution in [-0.2, 0) is 29.0 Å². The number of amides is 1. The first-order valence-corrected chi connectivity index (χ1v) is 11.3. The molecule has 0 spiro atoms. The molecule has 2 aliphatic heterocycles. The highest BCUT2D eigenvalue weighted by Gasteiger charge is 2.29. The number of aromatic amines is 1. The van der Waals surface area contributed by atoms with Crippen LogP contribution in [0.5, 0.6) is 11.5 Å². The molecule has 0 aliphatic carbocycles. The summed E-state index contributed by atoms with van der Waals surface area (Å²) in [5, 5.41) is 18.7. The fraction of sp³-hybridized carbons (Fsp3) is 0.400. The zero-order valence-electron chi connectivity index (χ0n) is 19.6. The van der Waals surface area contributed by atoms with Crippen LogP contribution in [-0.4, -0.2) is 64.5 Å². The van der Waals surface area contributed by atoms with Gasteiger partial charge in [-0.3, -0.25) is 9.89 Å². The zero-order chi connectivity index (χ0) is 23.9. The lowest BCUT2D eigenvalue weighted by molar-refractivity contribution is 0.0748. The third-order valence-corrected chi connectivity index (χ3v) is 6.07. The van der Waals surface area contributed by atoms with Gasteiger partial charge in [-0.1, -0.05) is 6.07 Å². The molecule has 9 nitrogen and oxygen atoms in total. The van der Waals surface area contributed by atoms with Crippen LogP contribution in [0.15, 0.2) is 35.3 Å². The van der Waals surface area contributed by atoms with Gasteiger partial charge in [0.15, 0.2) is 5.90 Å². The second kappa shape index (κ2) is 8.64. The Hall–Kier alpha value is -3.59. The molecule has 2 N–H and O–H groups in total. The number of aromatic nitrogens is 2. The van der Waals surface area contributed by atoms with Crippen molar-refractivity contribution in [3.05, 3.63) is 52.7 Å². The van der Waals surface area contributed by atoms with Crippen LogP contribution in [0.2, 0.25) is 0 Å². The van der Waals surface area contributed by atoms with Gasteiger partial charge < -0.3 is 24.2 Å². The van der Waals surface area contributed by atoms with Crippen LogP contribution < -0.4 is 4.74 Å². The van der Waals surface area contributed by atoms with Gasteiger partial charge in [-0.2, -0.15) is 5.10 Å². The number of methoxy groups -OCH3 is 1. The molecule has 0 saturated carbocycles. The first-order chi connectivity index (χ1) is 16.3. The Morgan fingerprint density at radius 2 is 2.03 bits per heavy atom. The van der Waals surface area contributed by atoms with Crippen LogP contribution in [0.1, 0.15) is 41.0 Å². The summed E-state index contributed by atoms with van der Waals surface area (Å²) in [5.41, 5.74) is 3.48. The van der Waals surface area contributed by atoms with E-state index in [-0.39, 0.29) is 22.8 Å². The quantitative estimate of drug-likeness (QED) is 0.520. The van der Waals surface area contributed by atoms with E-state index in [9.17, 15) is 9.90 Å². The largest absolute Gasteiger partial charge is 0.507 e. The van der Waals surface area contributed by atoms with Gasteiger partial charge in [-0.05, 0) is 43.2 Å². The summed E-state index contributed by atoms with van der Waals surface area (Å²) < 4.78 is 16.4. The molecule has 178 valence electrons. The molecule has 5 rings (SSSR count). The molecular weight excluding hydrogens is 436 g/mol. The normalized spacial score (nSPS) is 16.4. The first kappa shape index (κ1) is 22.2. The highest BCUT2D eigenvalue weighted by molar-refractivity contribution is 6.02. The van der Waals surface area contributed by atoms with Crippen LogP contribution in [0.3, 0.4) is 0 Å². The topological polar surface area (TPSA) is 109 Å². The number of hydrogen-bond donors (Lipinski definition) is 2. The molecule has 0 bridgehead atoms. The highest BCUT2D eigenvalue weighted by atomic mass is 16.5.